The van der Waals surface area contributed by atoms with Crippen molar-refractivity contribution < 1.29 is 4.74 Å². The fourth-order valence-electron chi connectivity index (χ4n) is 2.26. The van der Waals surface area contributed by atoms with E-state index < -0.39 is 0 Å². The van der Waals surface area contributed by atoms with Gasteiger partial charge in [0.15, 0.2) is 5.96 Å². The van der Waals surface area contributed by atoms with Gasteiger partial charge in [-0.05, 0) is 51.7 Å². The van der Waals surface area contributed by atoms with E-state index in [1.54, 1.807) is 13.2 Å². The first-order chi connectivity index (χ1) is 10.7. The second-order valence-corrected chi connectivity index (χ2v) is 7.36. The van der Waals surface area contributed by atoms with Crippen molar-refractivity contribution in [2.75, 3.05) is 7.05 Å². The molecule has 0 saturated heterocycles. The third kappa shape index (κ3) is 8.43. The molecule has 0 aliphatic heterocycles. The average Bonchev–Trinajstić information content (AvgIpc) is 2.41. The van der Waals surface area contributed by atoms with Gasteiger partial charge in [0.1, 0.15) is 0 Å². The summed E-state index contributed by atoms with van der Waals surface area (Å²) in [5.74, 6) is 2.07. The van der Waals surface area contributed by atoms with Crippen LogP contribution in [-0.2, 0) is 6.54 Å². The van der Waals surface area contributed by atoms with E-state index in [9.17, 15) is 0 Å². The number of guanidine groups is 1. The Balaban J connectivity index is 2.60. The Morgan fingerprint density at radius 3 is 2.57 bits per heavy atom. The molecule has 1 unspecified atom stereocenters. The minimum Gasteiger partial charge on any atom is -0.475 e. The lowest BCUT2D eigenvalue weighted by atomic mass is 10.1. The van der Waals surface area contributed by atoms with Gasteiger partial charge in [0.25, 0.3) is 0 Å². The molecule has 0 aliphatic carbocycles. The summed E-state index contributed by atoms with van der Waals surface area (Å²) in [5.41, 5.74) is 1.09. The first-order valence-electron chi connectivity index (χ1n) is 8.30. The van der Waals surface area contributed by atoms with Crippen LogP contribution in [0.15, 0.2) is 23.3 Å². The van der Waals surface area contributed by atoms with Crippen molar-refractivity contribution >= 4 is 5.96 Å². The molecule has 0 aliphatic rings. The number of nitrogens with zero attached hydrogens (tertiary/aromatic N) is 2. The third-order valence-corrected chi connectivity index (χ3v) is 3.10. The highest BCUT2D eigenvalue weighted by molar-refractivity contribution is 5.80. The van der Waals surface area contributed by atoms with Gasteiger partial charge in [-0.25, -0.2) is 4.98 Å². The van der Waals surface area contributed by atoms with Crippen molar-refractivity contribution in [3.8, 4) is 5.88 Å². The number of hydrogen-bond acceptors (Lipinski definition) is 3. The molecule has 0 aromatic carbocycles. The second-order valence-electron chi connectivity index (χ2n) is 7.36. The highest BCUT2D eigenvalue weighted by Crippen LogP contribution is 2.14. The quantitative estimate of drug-likeness (QED) is 0.623. The molecule has 1 heterocycles. The summed E-state index contributed by atoms with van der Waals surface area (Å²) in [4.78, 5) is 8.54. The Morgan fingerprint density at radius 1 is 1.30 bits per heavy atom. The number of aromatic nitrogens is 1. The fourth-order valence-corrected chi connectivity index (χ4v) is 2.26. The molecule has 0 bridgehead atoms. The summed E-state index contributed by atoms with van der Waals surface area (Å²) in [6.07, 6.45) is 2.97. The lowest BCUT2D eigenvalue weighted by molar-refractivity contribution is 0.185. The lowest BCUT2D eigenvalue weighted by Gasteiger charge is -2.23. The van der Waals surface area contributed by atoms with Crippen LogP contribution in [0.1, 0.15) is 53.5 Å². The van der Waals surface area contributed by atoms with E-state index in [1.807, 2.05) is 12.1 Å². The van der Waals surface area contributed by atoms with E-state index in [2.05, 4.69) is 62.2 Å². The van der Waals surface area contributed by atoms with E-state index in [0.29, 0.717) is 18.3 Å². The van der Waals surface area contributed by atoms with Gasteiger partial charge in [0.05, 0.1) is 6.10 Å². The SMILES string of the molecule is CN=C(NCc1ccnc(OC(C)CC(C)C)c1)NC(C)(C)C. The normalized spacial score (nSPS) is 13.8. The molecule has 130 valence electrons. The molecule has 0 fully saturated rings. The molecule has 5 heteroatoms. The van der Waals surface area contributed by atoms with Gasteiger partial charge in [-0.15, -0.1) is 0 Å². The molecule has 23 heavy (non-hydrogen) atoms. The van der Waals surface area contributed by atoms with Crippen LogP contribution >= 0.6 is 0 Å². The van der Waals surface area contributed by atoms with Gasteiger partial charge in [0, 0.05) is 31.4 Å². The highest BCUT2D eigenvalue weighted by atomic mass is 16.5. The van der Waals surface area contributed by atoms with Crippen LogP contribution in [0.4, 0.5) is 0 Å². The van der Waals surface area contributed by atoms with E-state index in [1.165, 1.54) is 0 Å². The van der Waals surface area contributed by atoms with Crippen LogP contribution in [0, 0.1) is 5.92 Å². The van der Waals surface area contributed by atoms with Crippen LogP contribution in [-0.4, -0.2) is 29.6 Å². The Hall–Kier alpha value is -1.78. The molecule has 1 aromatic rings. The topological polar surface area (TPSA) is 58.5 Å². The molecule has 1 rings (SSSR count). The molecule has 2 N–H and O–H groups in total. The van der Waals surface area contributed by atoms with Crippen LogP contribution in [0.3, 0.4) is 0 Å². The Labute approximate surface area is 141 Å². The van der Waals surface area contributed by atoms with Crippen molar-refractivity contribution in [2.24, 2.45) is 10.9 Å². The van der Waals surface area contributed by atoms with Gasteiger partial charge in [0.2, 0.25) is 5.88 Å². The standard InChI is InChI=1S/C18H32N4O/c1-13(2)10-14(3)23-16-11-15(8-9-20-16)12-21-17(19-7)22-18(4,5)6/h8-9,11,13-14H,10,12H2,1-7H3,(H2,19,21,22). The molecule has 0 saturated carbocycles. The molecule has 5 nitrogen and oxygen atoms in total. The van der Waals surface area contributed by atoms with Gasteiger partial charge >= 0.3 is 0 Å². The van der Waals surface area contributed by atoms with Crippen LogP contribution in [0.2, 0.25) is 0 Å². The van der Waals surface area contributed by atoms with Crippen molar-refractivity contribution in [1.82, 2.24) is 15.6 Å². The van der Waals surface area contributed by atoms with Gasteiger partial charge < -0.3 is 15.4 Å². The molecule has 1 atom stereocenters. The summed E-state index contributed by atoms with van der Waals surface area (Å²) < 4.78 is 5.89. The predicted octanol–water partition coefficient (Wildman–Crippen LogP) is 3.36. The van der Waals surface area contributed by atoms with Gasteiger partial charge in [-0.1, -0.05) is 13.8 Å². The second kappa shape index (κ2) is 8.75. The van der Waals surface area contributed by atoms with Crippen molar-refractivity contribution in [1.29, 1.82) is 0 Å². The smallest absolute Gasteiger partial charge is 0.213 e. The minimum absolute atomic E-state index is 0.0271. The summed E-state index contributed by atoms with van der Waals surface area (Å²) in [6.45, 7) is 13.5. The fraction of sp³-hybridized carbons (Fsp3) is 0.667. The van der Waals surface area contributed by atoms with Crippen molar-refractivity contribution in [2.45, 2.75) is 66.2 Å². The molecule has 0 radical (unpaired) electrons. The Morgan fingerprint density at radius 2 is 2.00 bits per heavy atom. The number of pyridine rings is 1. The Kier molecular flexibility index (Phi) is 7.33. The summed E-state index contributed by atoms with van der Waals surface area (Å²) >= 11 is 0. The number of aliphatic imine (C=N–C) groups is 1. The van der Waals surface area contributed by atoms with Crippen molar-refractivity contribution in [3.63, 3.8) is 0 Å². The summed E-state index contributed by atoms with van der Waals surface area (Å²) in [6, 6.07) is 3.96. The maximum Gasteiger partial charge on any atom is 0.213 e. The molecular weight excluding hydrogens is 288 g/mol. The molecule has 1 aromatic heterocycles. The van der Waals surface area contributed by atoms with Gasteiger partial charge in [-0.3, -0.25) is 4.99 Å². The zero-order chi connectivity index (χ0) is 17.5. The first kappa shape index (κ1) is 19.3. The Bertz CT molecular complexity index is 506. The number of rotatable bonds is 6. The first-order valence-corrected chi connectivity index (χ1v) is 8.30. The van der Waals surface area contributed by atoms with Gasteiger partial charge in [-0.2, -0.15) is 0 Å². The van der Waals surface area contributed by atoms with E-state index in [0.717, 1.165) is 17.9 Å². The molecule has 0 spiro atoms. The minimum atomic E-state index is -0.0271. The zero-order valence-electron chi connectivity index (χ0n) is 15.6. The number of ether oxygens (including phenoxy) is 1. The van der Waals surface area contributed by atoms with E-state index in [-0.39, 0.29) is 11.6 Å². The predicted molar refractivity (Wildman–Crippen MR) is 96.9 cm³/mol. The van der Waals surface area contributed by atoms with E-state index in [4.69, 9.17) is 4.74 Å². The molecular formula is C18H32N4O. The third-order valence-electron chi connectivity index (χ3n) is 3.10. The highest BCUT2D eigenvalue weighted by Gasteiger charge is 2.12. The monoisotopic (exact) mass is 320 g/mol. The maximum absolute atomic E-state index is 5.89. The van der Waals surface area contributed by atoms with Crippen LogP contribution in [0.5, 0.6) is 5.88 Å². The van der Waals surface area contributed by atoms with Crippen LogP contribution < -0.4 is 15.4 Å². The maximum atomic E-state index is 5.89. The average molecular weight is 320 g/mol. The lowest BCUT2D eigenvalue weighted by Crippen LogP contribution is -2.47. The zero-order valence-corrected chi connectivity index (χ0v) is 15.6. The summed E-state index contributed by atoms with van der Waals surface area (Å²) in [7, 11) is 1.77. The van der Waals surface area contributed by atoms with Crippen LogP contribution in [0.25, 0.3) is 0 Å². The van der Waals surface area contributed by atoms with Crippen molar-refractivity contribution in [3.05, 3.63) is 23.9 Å². The van der Waals surface area contributed by atoms with E-state index >= 15 is 0 Å². The number of hydrogen-bond donors (Lipinski definition) is 2. The molecule has 0 amide bonds. The largest absolute Gasteiger partial charge is 0.475 e. The number of nitrogens with one attached hydrogen (secondary N) is 2. The summed E-state index contributed by atoms with van der Waals surface area (Å²) in [5, 5.41) is 6.65.